The highest BCUT2D eigenvalue weighted by Gasteiger charge is 2.29. The lowest BCUT2D eigenvalue weighted by atomic mass is 10.1. The maximum atomic E-state index is 10.8. The van der Waals surface area contributed by atoms with Gasteiger partial charge in [-0.2, -0.15) is 0 Å². The zero-order chi connectivity index (χ0) is 13.4. The molecule has 1 aliphatic rings. The van der Waals surface area contributed by atoms with Crippen LogP contribution in [0.25, 0.3) is 12.2 Å². The molecule has 0 aliphatic heterocycles. The molecular formula is C13H12N2O3S. The van der Waals surface area contributed by atoms with Crippen molar-refractivity contribution in [2.24, 2.45) is 0 Å². The van der Waals surface area contributed by atoms with Gasteiger partial charge in [-0.25, -0.2) is 9.78 Å². The van der Waals surface area contributed by atoms with Crippen molar-refractivity contribution in [3.8, 4) is 0 Å². The van der Waals surface area contributed by atoms with Crippen molar-refractivity contribution in [2.45, 2.75) is 25.7 Å². The first kappa shape index (κ1) is 12.1. The van der Waals surface area contributed by atoms with Crippen molar-refractivity contribution in [3.63, 3.8) is 0 Å². The van der Waals surface area contributed by atoms with Crippen LogP contribution in [0.5, 0.6) is 0 Å². The van der Waals surface area contributed by atoms with E-state index in [1.165, 1.54) is 6.20 Å². The molecule has 2 heterocycles. The SMILES string of the molecule is Cc1onc(C2CC2)c1/C=C/c1ncc(C(=O)O)s1. The van der Waals surface area contributed by atoms with E-state index in [-0.39, 0.29) is 4.88 Å². The van der Waals surface area contributed by atoms with E-state index >= 15 is 0 Å². The number of aryl methyl sites for hydroxylation is 1. The van der Waals surface area contributed by atoms with E-state index in [4.69, 9.17) is 9.63 Å². The highest BCUT2D eigenvalue weighted by molar-refractivity contribution is 7.14. The van der Waals surface area contributed by atoms with Gasteiger partial charge in [-0.3, -0.25) is 0 Å². The zero-order valence-electron chi connectivity index (χ0n) is 10.3. The highest BCUT2D eigenvalue weighted by Crippen LogP contribution is 2.42. The molecule has 6 heteroatoms. The first-order valence-corrected chi connectivity index (χ1v) is 6.80. The predicted octanol–water partition coefficient (Wildman–Crippen LogP) is 3.19. The Morgan fingerprint density at radius 1 is 1.53 bits per heavy atom. The molecule has 2 aromatic heterocycles. The maximum absolute atomic E-state index is 10.8. The largest absolute Gasteiger partial charge is 0.477 e. The van der Waals surface area contributed by atoms with Crippen molar-refractivity contribution in [1.82, 2.24) is 10.1 Å². The summed E-state index contributed by atoms with van der Waals surface area (Å²) in [6, 6.07) is 0. The van der Waals surface area contributed by atoms with Gasteiger partial charge in [-0.15, -0.1) is 11.3 Å². The Morgan fingerprint density at radius 3 is 2.95 bits per heavy atom. The summed E-state index contributed by atoms with van der Waals surface area (Å²) in [7, 11) is 0. The van der Waals surface area contributed by atoms with Gasteiger partial charge < -0.3 is 9.63 Å². The Bertz CT molecular complexity index is 653. The molecule has 0 aromatic carbocycles. The fourth-order valence-corrected chi connectivity index (χ4v) is 2.53. The number of thiazole rings is 1. The second-order valence-electron chi connectivity index (χ2n) is 4.51. The summed E-state index contributed by atoms with van der Waals surface area (Å²) < 4.78 is 5.22. The lowest BCUT2D eigenvalue weighted by Crippen LogP contribution is -1.89. The second kappa shape index (κ2) is 4.62. The normalized spacial score (nSPS) is 15.2. The highest BCUT2D eigenvalue weighted by atomic mass is 32.1. The van der Waals surface area contributed by atoms with E-state index in [2.05, 4.69) is 10.1 Å². The third-order valence-electron chi connectivity index (χ3n) is 3.03. The van der Waals surface area contributed by atoms with Gasteiger partial charge >= 0.3 is 5.97 Å². The molecule has 0 atom stereocenters. The number of carboxylic acid groups (broad SMARTS) is 1. The van der Waals surface area contributed by atoms with Crippen LogP contribution in [0.3, 0.4) is 0 Å². The number of aromatic nitrogens is 2. The van der Waals surface area contributed by atoms with E-state index in [1.54, 1.807) is 0 Å². The van der Waals surface area contributed by atoms with Crippen LogP contribution in [0.1, 0.15) is 50.5 Å². The molecule has 1 aliphatic carbocycles. The molecule has 2 aromatic rings. The van der Waals surface area contributed by atoms with E-state index in [9.17, 15) is 4.79 Å². The minimum atomic E-state index is -0.947. The monoisotopic (exact) mass is 276 g/mol. The van der Waals surface area contributed by atoms with Gasteiger partial charge in [0.2, 0.25) is 0 Å². The van der Waals surface area contributed by atoms with Crippen LogP contribution in [0.4, 0.5) is 0 Å². The second-order valence-corrected chi connectivity index (χ2v) is 5.58. The van der Waals surface area contributed by atoms with Crippen LogP contribution in [0.2, 0.25) is 0 Å². The molecule has 1 saturated carbocycles. The first-order valence-electron chi connectivity index (χ1n) is 5.98. The number of aromatic carboxylic acids is 1. The van der Waals surface area contributed by atoms with Crippen LogP contribution in [-0.4, -0.2) is 21.2 Å². The summed E-state index contributed by atoms with van der Waals surface area (Å²) in [4.78, 5) is 15.1. The predicted molar refractivity (Wildman–Crippen MR) is 71.2 cm³/mol. The number of carbonyl (C=O) groups is 1. The summed E-state index contributed by atoms with van der Waals surface area (Å²) in [6.07, 6.45) is 7.40. The minimum absolute atomic E-state index is 0.240. The molecule has 98 valence electrons. The zero-order valence-corrected chi connectivity index (χ0v) is 11.1. The van der Waals surface area contributed by atoms with Crippen molar-refractivity contribution in [2.75, 3.05) is 0 Å². The molecule has 1 fully saturated rings. The number of nitrogens with zero attached hydrogens (tertiary/aromatic N) is 2. The smallest absolute Gasteiger partial charge is 0.347 e. The maximum Gasteiger partial charge on any atom is 0.347 e. The van der Waals surface area contributed by atoms with Crippen molar-refractivity contribution in [1.29, 1.82) is 0 Å². The van der Waals surface area contributed by atoms with E-state index in [0.717, 1.165) is 41.2 Å². The van der Waals surface area contributed by atoms with Crippen molar-refractivity contribution in [3.05, 3.63) is 33.1 Å². The Balaban J connectivity index is 1.85. The molecular weight excluding hydrogens is 264 g/mol. The summed E-state index contributed by atoms with van der Waals surface area (Å²) >= 11 is 1.15. The fourth-order valence-electron chi connectivity index (χ4n) is 1.87. The first-order chi connectivity index (χ1) is 9.15. The van der Waals surface area contributed by atoms with Crippen LogP contribution in [0, 0.1) is 6.92 Å². The van der Waals surface area contributed by atoms with Crippen molar-refractivity contribution < 1.29 is 14.4 Å². The average Bonchev–Trinajstić information content (AvgIpc) is 2.98. The average molecular weight is 276 g/mol. The lowest BCUT2D eigenvalue weighted by molar-refractivity contribution is 0.0702. The molecule has 5 nitrogen and oxygen atoms in total. The van der Waals surface area contributed by atoms with Gasteiger partial charge in [0.15, 0.2) is 0 Å². The molecule has 0 bridgehead atoms. The van der Waals surface area contributed by atoms with Gasteiger partial charge in [0.25, 0.3) is 0 Å². The lowest BCUT2D eigenvalue weighted by Gasteiger charge is -1.92. The van der Waals surface area contributed by atoms with Crippen LogP contribution < -0.4 is 0 Å². The Morgan fingerprint density at radius 2 is 2.32 bits per heavy atom. The summed E-state index contributed by atoms with van der Waals surface area (Å²) in [5.41, 5.74) is 2.00. The molecule has 0 unspecified atom stereocenters. The van der Waals surface area contributed by atoms with Gasteiger partial charge in [-0.05, 0) is 31.9 Å². The third kappa shape index (κ3) is 2.44. The van der Waals surface area contributed by atoms with E-state index < -0.39 is 5.97 Å². The van der Waals surface area contributed by atoms with Crippen LogP contribution in [0.15, 0.2) is 10.7 Å². The molecule has 0 spiro atoms. The number of hydrogen-bond acceptors (Lipinski definition) is 5. The Labute approximate surface area is 113 Å². The number of hydrogen-bond donors (Lipinski definition) is 1. The molecule has 0 saturated heterocycles. The topological polar surface area (TPSA) is 76.2 Å². The van der Waals surface area contributed by atoms with Gasteiger partial charge in [0.05, 0.1) is 11.9 Å². The van der Waals surface area contributed by atoms with Crippen LogP contribution >= 0.6 is 11.3 Å². The van der Waals surface area contributed by atoms with Gasteiger partial charge in [0.1, 0.15) is 15.6 Å². The molecule has 0 radical (unpaired) electrons. The molecule has 0 amide bonds. The van der Waals surface area contributed by atoms with Crippen molar-refractivity contribution >= 4 is 29.5 Å². The third-order valence-corrected chi connectivity index (χ3v) is 3.98. The molecule has 19 heavy (non-hydrogen) atoms. The number of rotatable bonds is 4. The number of carboxylic acids is 1. The fraction of sp³-hybridized carbons (Fsp3) is 0.308. The summed E-state index contributed by atoms with van der Waals surface area (Å²) in [5, 5.41) is 13.6. The Kier molecular flexibility index (Phi) is 2.94. The molecule has 1 N–H and O–H groups in total. The quantitative estimate of drug-likeness (QED) is 0.928. The van der Waals surface area contributed by atoms with Gasteiger partial charge in [0, 0.05) is 11.5 Å². The summed E-state index contributed by atoms with van der Waals surface area (Å²) in [6.45, 7) is 1.88. The van der Waals surface area contributed by atoms with E-state index in [1.807, 2.05) is 19.1 Å². The Hall–Kier alpha value is -1.95. The van der Waals surface area contributed by atoms with Gasteiger partial charge in [-0.1, -0.05) is 5.16 Å². The van der Waals surface area contributed by atoms with E-state index in [0.29, 0.717) is 10.9 Å². The minimum Gasteiger partial charge on any atom is -0.477 e. The van der Waals surface area contributed by atoms with Crippen LogP contribution in [-0.2, 0) is 0 Å². The standard InChI is InChI=1S/C13H12N2O3S/c1-7-9(12(15-18-7)8-2-3-8)4-5-11-14-6-10(19-11)13(16)17/h4-6,8H,2-3H2,1H3,(H,16,17)/b5-4+. The molecule has 3 rings (SSSR count). The summed E-state index contributed by atoms with van der Waals surface area (Å²) in [5.74, 6) is 0.355.